The van der Waals surface area contributed by atoms with Gasteiger partial charge in [-0.15, -0.1) is 0 Å². The summed E-state index contributed by atoms with van der Waals surface area (Å²) in [5.41, 5.74) is 2.14. The minimum Gasteiger partial charge on any atom is -0.508 e. The van der Waals surface area contributed by atoms with Crippen LogP contribution >= 0.6 is 0 Å². The zero-order valence-corrected chi connectivity index (χ0v) is 10.3. The third-order valence-electron chi connectivity index (χ3n) is 3.00. The van der Waals surface area contributed by atoms with Crippen molar-refractivity contribution in [1.29, 1.82) is 0 Å². The fourth-order valence-electron chi connectivity index (χ4n) is 1.89. The minimum atomic E-state index is -0.714. The maximum Gasteiger partial charge on any atom is 0.303 e. The highest BCUT2D eigenvalue weighted by molar-refractivity contribution is 5.66. The number of aliphatic carboxylic acids is 1. The van der Waals surface area contributed by atoms with Crippen LogP contribution in [0, 0.1) is 6.92 Å². The Hall–Kier alpha value is -1.51. The zero-order valence-electron chi connectivity index (χ0n) is 10.3. The number of carboxylic acids is 1. The van der Waals surface area contributed by atoms with Crippen molar-refractivity contribution in [2.75, 3.05) is 0 Å². The molecule has 3 nitrogen and oxygen atoms in total. The molecule has 0 radical (unpaired) electrons. The second-order valence-electron chi connectivity index (χ2n) is 4.37. The number of phenolic OH excluding ortho intramolecular Hbond substituents is 1. The molecule has 0 unspecified atom stereocenters. The Labute approximate surface area is 102 Å². The van der Waals surface area contributed by atoms with E-state index in [-0.39, 0.29) is 6.42 Å². The molecule has 3 heteroatoms. The first kappa shape index (κ1) is 13.6. The van der Waals surface area contributed by atoms with Gasteiger partial charge in [-0.25, -0.2) is 0 Å². The molecule has 0 aliphatic heterocycles. The first-order valence-corrected chi connectivity index (χ1v) is 6.10. The van der Waals surface area contributed by atoms with Crippen molar-refractivity contribution in [2.45, 2.75) is 45.4 Å². The molecule has 0 heterocycles. The van der Waals surface area contributed by atoms with E-state index in [1.165, 1.54) is 5.56 Å². The maximum absolute atomic E-state index is 10.3. The smallest absolute Gasteiger partial charge is 0.303 e. The SMILES string of the molecule is Cc1c(O)cccc1CCCCCCC(=O)O. The standard InChI is InChI=1S/C14H20O3/c1-11-12(8-6-9-13(11)15)7-4-2-3-5-10-14(16)17/h6,8-9,15H,2-5,7,10H2,1H3,(H,16,17). The number of rotatable bonds is 7. The average molecular weight is 236 g/mol. The number of hydrogen-bond acceptors (Lipinski definition) is 2. The maximum atomic E-state index is 10.3. The number of phenols is 1. The molecule has 0 bridgehead atoms. The van der Waals surface area contributed by atoms with Gasteiger partial charge in [-0.1, -0.05) is 25.0 Å². The fraction of sp³-hybridized carbons (Fsp3) is 0.500. The zero-order chi connectivity index (χ0) is 12.7. The van der Waals surface area contributed by atoms with Crippen LogP contribution < -0.4 is 0 Å². The molecule has 0 saturated heterocycles. The van der Waals surface area contributed by atoms with Crippen molar-refractivity contribution in [1.82, 2.24) is 0 Å². The molecule has 0 aliphatic carbocycles. The molecule has 2 N–H and O–H groups in total. The lowest BCUT2D eigenvalue weighted by Crippen LogP contribution is -1.94. The third-order valence-corrected chi connectivity index (χ3v) is 3.00. The first-order chi connectivity index (χ1) is 8.11. The lowest BCUT2D eigenvalue weighted by molar-refractivity contribution is -0.137. The number of unbranched alkanes of at least 4 members (excludes halogenated alkanes) is 3. The van der Waals surface area contributed by atoms with Gasteiger partial charge in [-0.05, 0) is 43.4 Å². The molecular formula is C14H20O3. The summed E-state index contributed by atoms with van der Waals surface area (Å²) < 4.78 is 0. The molecule has 1 aromatic carbocycles. The summed E-state index contributed by atoms with van der Waals surface area (Å²) in [5, 5.41) is 18.0. The number of carboxylic acid groups (broad SMARTS) is 1. The quantitative estimate of drug-likeness (QED) is 0.714. The van der Waals surface area contributed by atoms with Gasteiger partial charge in [-0.2, -0.15) is 0 Å². The monoisotopic (exact) mass is 236 g/mol. The molecule has 0 spiro atoms. The molecule has 0 saturated carbocycles. The summed E-state index contributed by atoms with van der Waals surface area (Å²) in [6, 6.07) is 5.60. The van der Waals surface area contributed by atoms with Gasteiger partial charge in [0.15, 0.2) is 0 Å². The summed E-state index contributed by atoms with van der Waals surface area (Å²) in [6.07, 6.45) is 5.03. The second kappa shape index (κ2) is 6.94. The van der Waals surface area contributed by atoms with Gasteiger partial charge in [0.05, 0.1) is 0 Å². The second-order valence-corrected chi connectivity index (χ2v) is 4.37. The van der Waals surface area contributed by atoms with Crippen LogP contribution in [-0.2, 0) is 11.2 Å². The van der Waals surface area contributed by atoms with Crippen LogP contribution in [0.2, 0.25) is 0 Å². The number of benzene rings is 1. The van der Waals surface area contributed by atoms with Crippen LogP contribution in [0.1, 0.15) is 43.2 Å². The first-order valence-electron chi connectivity index (χ1n) is 6.10. The van der Waals surface area contributed by atoms with Crippen LogP contribution in [0.4, 0.5) is 0 Å². The van der Waals surface area contributed by atoms with E-state index < -0.39 is 5.97 Å². The Bertz CT molecular complexity index is 372. The van der Waals surface area contributed by atoms with E-state index in [0.29, 0.717) is 5.75 Å². The van der Waals surface area contributed by atoms with Gasteiger partial charge in [0.1, 0.15) is 5.75 Å². The van der Waals surface area contributed by atoms with E-state index in [4.69, 9.17) is 5.11 Å². The van der Waals surface area contributed by atoms with Gasteiger partial charge in [-0.3, -0.25) is 4.79 Å². The summed E-state index contributed by atoms with van der Waals surface area (Å²) in [4.78, 5) is 10.3. The molecule has 1 aromatic rings. The minimum absolute atomic E-state index is 0.269. The third kappa shape index (κ3) is 4.89. The van der Waals surface area contributed by atoms with Crippen molar-refractivity contribution >= 4 is 5.97 Å². The lowest BCUT2D eigenvalue weighted by atomic mass is 10.0. The Morgan fingerprint density at radius 2 is 1.88 bits per heavy atom. The van der Waals surface area contributed by atoms with Crippen molar-refractivity contribution in [3.8, 4) is 5.75 Å². The van der Waals surface area contributed by atoms with Crippen LogP contribution in [0.3, 0.4) is 0 Å². The van der Waals surface area contributed by atoms with Gasteiger partial charge >= 0.3 is 5.97 Å². The van der Waals surface area contributed by atoms with Crippen LogP contribution in [0.25, 0.3) is 0 Å². The van der Waals surface area contributed by atoms with Crippen LogP contribution in [0.5, 0.6) is 5.75 Å². The Morgan fingerprint density at radius 1 is 1.18 bits per heavy atom. The Balaban J connectivity index is 2.22. The molecular weight excluding hydrogens is 216 g/mol. The summed E-state index contributed by atoms with van der Waals surface area (Å²) in [7, 11) is 0. The molecule has 1 rings (SSSR count). The molecule has 0 atom stereocenters. The molecule has 17 heavy (non-hydrogen) atoms. The normalized spacial score (nSPS) is 10.4. The molecule has 0 aromatic heterocycles. The Kier molecular flexibility index (Phi) is 5.53. The number of hydrogen-bond donors (Lipinski definition) is 2. The van der Waals surface area contributed by atoms with Gasteiger partial charge < -0.3 is 10.2 Å². The number of aromatic hydroxyl groups is 1. The lowest BCUT2D eigenvalue weighted by Gasteiger charge is -2.07. The van der Waals surface area contributed by atoms with Crippen LogP contribution in [0.15, 0.2) is 18.2 Å². The number of aryl methyl sites for hydroxylation is 1. The van der Waals surface area contributed by atoms with Gasteiger partial charge in [0.25, 0.3) is 0 Å². The summed E-state index contributed by atoms with van der Waals surface area (Å²) in [6.45, 7) is 1.93. The summed E-state index contributed by atoms with van der Waals surface area (Å²) in [5.74, 6) is -0.359. The molecule has 0 fully saturated rings. The van der Waals surface area contributed by atoms with Gasteiger partial charge in [0.2, 0.25) is 0 Å². The van der Waals surface area contributed by atoms with E-state index in [9.17, 15) is 9.90 Å². The topological polar surface area (TPSA) is 57.5 Å². The number of carbonyl (C=O) groups is 1. The van der Waals surface area contributed by atoms with E-state index in [2.05, 4.69) is 0 Å². The van der Waals surface area contributed by atoms with E-state index in [1.54, 1.807) is 6.07 Å². The van der Waals surface area contributed by atoms with E-state index in [1.807, 2.05) is 19.1 Å². The Morgan fingerprint density at radius 3 is 2.59 bits per heavy atom. The predicted molar refractivity (Wildman–Crippen MR) is 67.3 cm³/mol. The largest absolute Gasteiger partial charge is 0.508 e. The highest BCUT2D eigenvalue weighted by Gasteiger charge is 2.02. The van der Waals surface area contributed by atoms with Crippen molar-refractivity contribution in [3.63, 3.8) is 0 Å². The van der Waals surface area contributed by atoms with E-state index >= 15 is 0 Å². The summed E-state index contributed by atoms with van der Waals surface area (Å²) >= 11 is 0. The van der Waals surface area contributed by atoms with Crippen molar-refractivity contribution in [3.05, 3.63) is 29.3 Å². The average Bonchev–Trinajstić information content (AvgIpc) is 2.28. The predicted octanol–water partition coefficient (Wildman–Crippen LogP) is 3.28. The highest BCUT2D eigenvalue weighted by Crippen LogP contribution is 2.21. The van der Waals surface area contributed by atoms with Crippen LogP contribution in [-0.4, -0.2) is 16.2 Å². The fourth-order valence-corrected chi connectivity index (χ4v) is 1.89. The van der Waals surface area contributed by atoms with Crippen molar-refractivity contribution in [2.24, 2.45) is 0 Å². The molecule has 0 aliphatic rings. The molecule has 0 amide bonds. The molecule has 94 valence electrons. The van der Waals surface area contributed by atoms with E-state index in [0.717, 1.165) is 37.7 Å². The highest BCUT2D eigenvalue weighted by atomic mass is 16.4. The van der Waals surface area contributed by atoms with Gasteiger partial charge in [0, 0.05) is 6.42 Å². The van der Waals surface area contributed by atoms with Crippen molar-refractivity contribution < 1.29 is 15.0 Å².